The van der Waals surface area contributed by atoms with Gasteiger partial charge in [0.1, 0.15) is 12.1 Å². The van der Waals surface area contributed by atoms with E-state index in [2.05, 4.69) is 20.4 Å². The Morgan fingerprint density at radius 1 is 1.16 bits per heavy atom. The minimum atomic E-state index is -4.41. The van der Waals surface area contributed by atoms with Gasteiger partial charge < -0.3 is 10.2 Å². The SMILES string of the molecule is CC(C)(C)[C@@H]1C[C@H](C(F)(F)F)n2nc(C3CCCCN3C(=O)c3cncnc3)cc2N1. The number of alkyl halides is 3. The summed E-state index contributed by atoms with van der Waals surface area (Å²) in [7, 11) is 0. The maximum Gasteiger partial charge on any atom is 0.410 e. The fourth-order valence-electron chi connectivity index (χ4n) is 4.38. The molecule has 1 fully saturated rings. The van der Waals surface area contributed by atoms with Gasteiger partial charge in [0.05, 0.1) is 17.3 Å². The molecule has 3 atom stereocenters. The number of nitrogens with zero attached hydrogens (tertiary/aromatic N) is 5. The quantitative estimate of drug-likeness (QED) is 0.756. The minimum Gasteiger partial charge on any atom is -0.367 e. The number of amides is 1. The highest BCUT2D eigenvalue weighted by Crippen LogP contribution is 2.44. The molecule has 1 N–H and O–H groups in total. The van der Waals surface area contributed by atoms with Crippen LogP contribution in [0.15, 0.2) is 24.8 Å². The second kappa shape index (κ2) is 7.80. The van der Waals surface area contributed by atoms with Gasteiger partial charge in [-0.05, 0) is 31.1 Å². The molecule has 1 saturated heterocycles. The van der Waals surface area contributed by atoms with Gasteiger partial charge in [-0.15, -0.1) is 0 Å². The van der Waals surface area contributed by atoms with E-state index in [4.69, 9.17) is 0 Å². The highest BCUT2D eigenvalue weighted by Gasteiger charge is 2.48. The predicted octanol–water partition coefficient (Wildman–Crippen LogP) is 4.37. The van der Waals surface area contributed by atoms with E-state index in [9.17, 15) is 18.0 Å². The zero-order chi connectivity index (χ0) is 22.4. The molecule has 0 bridgehead atoms. The summed E-state index contributed by atoms with van der Waals surface area (Å²) >= 11 is 0. The molecule has 2 aliphatic heterocycles. The van der Waals surface area contributed by atoms with Crippen LogP contribution in [0.3, 0.4) is 0 Å². The second-order valence-electron chi connectivity index (χ2n) is 9.39. The number of fused-ring (bicyclic) bond motifs is 1. The van der Waals surface area contributed by atoms with E-state index in [0.717, 1.165) is 17.5 Å². The monoisotopic (exact) mass is 436 g/mol. The van der Waals surface area contributed by atoms with Crippen molar-refractivity contribution in [3.63, 3.8) is 0 Å². The van der Waals surface area contributed by atoms with E-state index < -0.39 is 12.2 Å². The van der Waals surface area contributed by atoms with Crippen LogP contribution in [0.25, 0.3) is 0 Å². The minimum absolute atomic E-state index is 0.0875. The summed E-state index contributed by atoms with van der Waals surface area (Å²) in [5, 5.41) is 7.63. The number of carbonyl (C=O) groups is 1. The van der Waals surface area contributed by atoms with E-state index >= 15 is 0 Å². The summed E-state index contributed by atoms with van der Waals surface area (Å²) in [5.74, 6) is 0.119. The van der Waals surface area contributed by atoms with Crippen LogP contribution in [-0.2, 0) is 0 Å². The maximum atomic E-state index is 13.9. The van der Waals surface area contributed by atoms with Crippen LogP contribution in [0.5, 0.6) is 0 Å². The number of halogens is 3. The molecule has 0 spiro atoms. The van der Waals surface area contributed by atoms with E-state index in [0.29, 0.717) is 30.0 Å². The Bertz CT molecular complexity index is 937. The molecule has 2 aromatic rings. The van der Waals surface area contributed by atoms with Crippen molar-refractivity contribution in [2.24, 2.45) is 5.41 Å². The first-order valence-corrected chi connectivity index (χ1v) is 10.5. The second-order valence-corrected chi connectivity index (χ2v) is 9.39. The number of anilines is 1. The third kappa shape index (κ3) is 4.24. The van der Waals surface area contributed by atoms with Crippen molar-refractivity contribution in [2.45, 2.75) is 70.8 Å². The lowest BCUT2D eigenvalue weighted by Gasteiger charge is -2.39. The fraction of sp³-hybridized carbons (Fsp3) is 0.619. The van der Waals surface area contributed by atoms with Gasteiger partial charge in [-0.2, -0.15) is 18.3 Å². The summed E-state index contributed by atoms with van der Waals surface area (Å²) < 4.78 is 42.7. The van der Waals surface area contributed by atoms with Gasteiger partial charge in [0.2, 0.25) is 0 Å². The zero-order valence-electron chi connectivity index (χ0n) is 17.9. The molecule has 0 saturated carbocycles. The number of rotatable bonds is 2. The Hall–Kier alpha value is -2.65. The Morgan fingerprint density at radius 2 is 1.87 bits per heavy atom. The van der Waals surface area contributed by atoms with Crippen LogP contribution < -0.4 is 5.32 Å². The smallest absolute Gasteiger partial charge is 0.367 e. The molecule has 4 rings (SSSR count). The summed E-state index contributed by atoms with van der Waals surface area (Å²) in [4.78, 5) is 22.5. The lowest BCUT2D eigenvalue weighted by molar-refractivity contribution is -0.175. The Balaban J connectivity index is 1.69. The third-order valence-electron chi connectivity index (χ3n) is 6.17. The van der Waals surface area contributed by atoms with E-state index in [1.165, 1.54) is 18.7 Å². The highest BCUT2D eigenvalue weighted by molar-refractivity contribution is 5.94. The summed E-state index contributed by atoms with van der Waals surface area (Å²) in [6.07, 6.45) is 2.12. The molecule has 0 aliphatic carbocycles. The van der Waals surface area contributed by atoms with Crippen LogP contribution in [0.4, 0.5) is 19.0 Å². The molecule has 7 nitrogen and oxygen atoms in total. The standard InChI is InChI=1S/C21H27F3N6O/c1-20(2,3)16-9-17(21(22,23)24)30-18(27-16)8-14(28-30)15-6-4-5-7-29(15)19(31)13-10-25-12-26-11-13/h8,10-12,15-17,27H,4-7,9H2,1-3H3/t15?,16-,17+/m0/s1. The molecule has 4 heterocycles. The van der Waals surface area contributed by atoms with Gasteiger partial charge >= 0.3 is 6.18 Å². The Labute approximate surface area is 179 Å². The molecule has 2 aromatic heterocycles. The van der Waals surface area contributed by atoms with Gasteiger partial charge in [0.25, 0.3) is 5.91 Å². The Morgan fingerprint density at radius 3 is 2.52 bits per heavy atom. The van der Waals surface area contributed by atoms with Crippen molar-refractivity contribution in [2.75, 3.05) is 11.9 Å². The molecule has 31 heavy (non-hydrogen) atoms. The lowest BCUT2D eigenvalue weighted by Crippen LogP contribution is -2.44. The molecule has 2 aliphatic rings. The van der Waals surface area contributed by atoms with E-state index in [-0.39, 0.29) is 29.8 Å². The molecule has 10 heteroatoms. The van der Waals surface area contributed by atoms with Gasteiger partial charge in [0, 0.05) is 31.0 Å². The van der Waals surface area contributed by atoms with Crippen molar-refractivity contribution >= 4 is 11.7 Å². The molecular formula is C21H27F3N6O. The topological polar surface area (TPSA) is 75.9 Å². The average molecular weight is 436 g/mol. The van der Waals surface area contributed by atoms with Gasteiger partial charge in [-0.25, -0.2) is 14.6 Å². The van der Waals surface area contributed by atoms with Crippen LogP contribution in [0.2, 0.25) is 0 Å². The largest absolute Gasteiger partial charge is 0.410 e. The van der Waals surface area contributed by atoms with Crippen LogP contribution in [-0.4, -0.2) is 49.3 Å². The van der Waals surface area contributed by atoms with Gasteiger partial charge in [0.15, 0.2) is 6.04 Å². The predicted molar refractivity (Wildman–Crippen MR) is 108 cm³/mol. The molecule has 1 amide bonds. The van der Waals surface area contributed by atoms with Crippen LogP contribution in [0.1, 0.15) is 74.6 Å². The number of hydrogen-bond donors (Lipinski definition) is 1. The first-order valence-electron chi connectivity index (χ1n) is 10.5. The summed E-state index contributed by atoms with van der Waals surface area (Å²) in [5.41, 5.74) is 0.493. The van der Waals surface area contributed by atoms with Crippen molar-refractivity contribution < 1.29 is 18.0 Å². The lowest BCUT2D eigenvalue weighted by atomic mass is 9.82. The molecule has 168 valence electrons. The molecule has 0 aromatic carbocycles. The number of hydrogen-bond acceptors (Lipinski definition) is 5. The van der Waals surface area contributed by atoms with Crippen LogP contribution >= 0.6 is 0 Å². The van der Waals surface area contributed by atoms with E-state index in [1.807, 2.05) is 20.8 Å². The summed E-state index contributed by atoms with van der Waals surface area (Å²) in [6, 6.07) is -0.754. The average Bonchev–Trinajstić information content (AvgIpc) is 3.16. The number of aromatic nitrogens is 4. The zero-order valence-corrected chi connectivity index (χ0v) is 17.9. The normalized spacial score (nSPS) is 24.5. The molecular weight excluding hydrogens is 409 g/mol. The van der Waals surface area contributed by atoms with Crippen molar-refractivity contribution in [3.8, 4) is 0 Å². The Kier molecular flexibility index (Phi) is 5.43. The van der Waals surface area contributed by atoms with Crippen molar-refractivity contribution in [3.05, 3.63) is 36.0 Å². The number of likely N-dealkylation sites (tertiary alicyclic amines) is 1. The first-order chi connectivity index (χ1) is 14.6. The number of carbonyl (C=O) groups excluding carboxylic acids is 1. The summed E-state index contributed by atoms with van der Waals surface area (Å²) in [6.45, 7) is 6.29. The molecule has 0 radical (unpaired) electrons. The molecule has 1 unspecified atom stereocenters. The van der Waals surface area contributed by atoms with E-state index in [1.54, 1.807) is 11.0 Å². The fourth-order valence-corrected chi connectivity index (χ4v) is 4.38. The van der Waals surface area contributed by atoms with Gasteiger partial charge in [-0.1, -0.05) is 20.8 Å². The number of nitrogens with one attached hydrogen (secondary N) is 1. The number of piperidine rings is 1. The van der Waals surface area contributed by atoms with Crippen molar-refractivity contribution in [1.29, 1.82) is 0 Å². The van der Waals surface area contributed by atoms with Gasteiger partial charge in [-0.3, -0.25) is 4.79 Å². The third-order valence-corrected chi connectivity index (χ3v) is 6.17. The van der Waals surface area contributed by atoms with Crippen LogP contribution in [0, 0.1) is 5.41 Å². The highest BCUT2D eigenvalue weighted by atomic mass is 19.4. The van der Waals surface area contributed by atoms with Crippen molar-refractivity contribution in [1.82, 2.24) is 24.6 Å². The first kappa shape index (κ1) is 21.6. The maximum absolute atomic E-state index is 13.9.